The van der Waals surface area contributed by atoms with E-state index in [-0.39, 0.29) is 6.61 Å². The van der Waals surface area contributed by atoms with E-state index < -0.39 is 0 Å². The van der Waals surface area contributed by atoms with Crippen molar-refractivity contribution in [2.45, 2.75) is 26.7 Å². The van der Waals surface area contributed by atoms with Gasteiger partial charge in [-0.25, -0.2) is 0 Å². The summed E-state index contributed by atoms with van der Waals surface area (Å²) >= 11 is 0. The van der Waals surface area contributed by atoms with Crippen molar-refractivity contribution in [3.8, 4) is 0 Å². The molecule has 0 aliphatic heterocycles. The number of rotatable bonds is 9. The molecular formula is C13H26N6O. The lowest BCUT2D eigenvalue weighted by Crippen LogP contribution is -2.17. The maximum absolute atomic E-state index is 8.98. The highest BCUT2D eigenvalue weighted by atomic mass is 16.3. The number of aliphatic hydroxyl groups is 1. The Balaban J connectivity index is 2.59. The molecule has 0 fully saturated rings. The average molecular weight is 282 g/mol. The first-order chi connectivity index (χ1) is 9.56. The Hall–Kier alpha value is -1.63. The summed E-state index contributed by atoms with van der Waals surface area (Å²) in [4.78, 5) is 14.8. The van der Waals surface area contributed by atoms with E-state index in [4.69, 9.17) is 5.11 Å². The van der Waals surface area contributed by atoms with E-state index in [1.54, 1.807) is 0 Å². The number of hydrogen-bond acceptors (Lipinski definition) is 7. The molecule has 0 bridgehead atoms. The monoisotopic (exact) mass is 282 g/mol. The van der Waals surface area contributed by atoms with E-state index in [0.29, 0.717) is 23.8 Å². The third-order valence-electron chi connectivity index (χ3n) is 2.83. The minimum atomic E-state index is 0.237. The molecule has 0 saturated heterocycles. The van der Waals surface area contributed by atoms with Crippen molar-refractivity contribution in [3.63, 3.8) is 0 Å². The Morgan fingerprint density at radius 2 is 1.80 bits per heavy atom. The van der Waals surface area contributed by atoms with Gasteiger partial charge >= 0.3 is 0 Å². The molecule has 0 aliphatic rings. The second kappa shape index (κ2) is 8.52. The van der Waals surface area contributed by atoms with Crippen LogP contribution in [0.1, 0.15) is 26.7 Å². The summed E-state index contributed by atoms with van der Waals surface area (Å²) in [6, 6.07) is 0. The minimum absolute atomic E-state index is 0.237. The molecule has 20 heavy (non-hydrogen) atoms. The second-order valence-electron chi connectivity index (χ2n) is 5.06. The van der Waals surface area contributed by atoms with Crippen molar-refractivity contribution < 1.29 is 5.11 Å². The van der Waals surface area contributed by atoms with Crippen LogP contribution >= 0.6 is 0 Å². The smallest absolute Gasteiger partial charge is 0.231 e. The van der Waals surface area contributed by atoms with Gasteiger partial charge in [-0.15, -0.1) is 0 Å². The van der Waals surface area contributed by atoms with Crippen LogP contribution in [0.25, 0.3) is 0 Å². The average Bonchev–Trinajstić information content (AvgIpc) is 2.43. The topological polar surface area (TPSA) is 86.2 Å². The van der Waals surface area contributed by atoms with Crippen molar-refractivity contribution in [3.05, 3.63) is 0 Å². The maximum Gasteiger partial charge on any atom is 0.231 e. The van der Waals surface area contributed by atoms with E-state index in [2.05, 4.69) is 25.6 Å². The van der Waals surface area contributed by atoms with E-state index in [9.17, 15) is 0 Å². The summed E-state index contributed by atoms with van der Waals surface area (Å²) in [5.41, 5.74) is 0. The summed E-state index contributed by atoms with van der Waals surface area (Å²) in [6.45, 7) is 5.83. The van der Waals surface area contributed by atoms with Gasteiger partial charge in [-0.05, 0) is 25.7 Å². The van der Waals surface area contributed by atoms with Crippen LogP contribution in [0.4, 0.5) is 17.8 Å². The molecule has 7 heteroatoms. The molecule has 1 aromatic rings. The molecule has 0 saturated carbocycles. The molecular weight excluding hydrogens is 256 g/mol. The van der Waals surface area contributed by atoms with Crippen molar-refractivity contribution in [2.24, 2.45) is 5.92 Å². The number of nitrogens with one attached hydrogen (secondary N) is 2. The molecule has 1 aromatic heterocycles. The van der Waals surface area contributed by atoms with Gasteiger partial charge in [0.25, 0.3) is 0 Å². The van der Waals surface area contributed by atoms with Crippen LogP contribution < -0.4 is 15.5 Å². The summed E-state index contributed by atoms with van der Waals surface area (Å²) in [5.74, 6) is 2.13. The Bertz CT molecular complexity index is 398. The van der Waals surface area contributed by atoms with Gasteiger partial charge in [0, 0.05) is 33.8 Å². The molecule has 1 atom stereocenters. The third-order valence-corrected chi connectivity index (χ3v) is 2.83. The number of anilines is 3. The molecule has 0 spiro atoms. The van der Waals surface area contributed by atoms with E-state index in [1.165, 1.54) is 0 Å². The van der Waals surface area contributed by atoms with Gasteiger partial charge in [0.15, 0.2) is 0 Å². The third kappa shape index (κ3) is 5.56. The highest BCUT2D eigenvalue weighted by molar-refractivity contribution is 5.42. The van der Waals surface area contributed by atoms with Gasteiger partial charge in [0.05, 0.1) is 0 Å². The molecule has 0 radical (unpaired) electrons. The van der Waals surface area contributed by atoms with Crippen molar-refractivity contribution in [2.75, 3.05) is 49.3 Å². The summed E-state index contributed by atoms with van der Waals surface area (Å²) in [7, 11) is 3.80. The lowest BCUT2D eigenvalue weighted by Gasteiger charge is -2.14. The van der Waals surface area contributed by atoms with Crippen LogP contribution in [0.2, 0.25) is 0 Å². The largest absolute Gasteiger partial charge is 0.396 e. The molecule has 1 unspecified atom stereocenters. The fourth-order valence-corrected chi connectivity index (χ4v) is 1.62. The highest BCUT2D eigenvalue weighted by Crippen LogP contribution is 2.12. The number of hydrogen-bond donors (Lipinski definition) is 3. The quantitative estimate of drug-likeness (QED) is 0.586. The minimum Gasteiger partial charge on any atom is -0.396 e. The van der Waals surface area contributed by atoms with Crippen LogP contribution in [0, 0.1) is 5.92 Å². The van der Waals surface area contributed by atoms with Crippen LogP contribution in [-0.4, -0.2) is 53.9 Å². The first kappa shape index (κ1) is 16.4. The van der Waals surface area contributed by atoms with Crippen molar-refractivity contribution >= 4 is 17.8 Å². The zero-order valence-corrected chi connectivity index (χ0v) is 12.8. The zero-order valence-electron chi connectivity index (χ0n) is 12.8. The van der Waals surface area contributed by atoms with E-state index in [0.717, 1.165) is 25.9 Å². The zero-order chi connectivity index (χ0) is 15.0. The summed E-state index contributed by atoms with van der Waals surface area (Å²) in [5, 5.41) is 15.3. The number of aliphatic hydroxyl groups excluding tert-OH is 1. The van der Waals surface area contributed by atoms with Crippen LogP contribution in [0.15, 0.2) is 0 Å². The molecule has 0 aliphatic carbocycles. The standard InChI is InChI=1S/C13H26N6O/c1-5-14-11-16-12(18-13(17-11)19(3)4)15-8-6-7-10(2)9-20/h10,20H,5-9H2,1-4H3,(H2,14,15,16,17,18). The molecule has 0 amide bonds. The fourth-order valence-electron chi connectivity index (χ4n) is 1.62. The first-order valence-corrected chi connectivity index (χ1v) is 7.08. The van der Waals surface area contributed by atoms with Gasteiger partial charge in [-0.3, -0.25) is 0 Å². The fraction of sp³-hybridized carbons (Fsp3) is 0.769. The van der Waals surface area contributed by atoms with Crippen molar-refractivity contribution in [1.82, 2.24) is 15.0 Å². The Morgan fingerprint density at radius 3 is 2.35 bits per heavy atom. The normalized spacial score (nSPS) is 12.1. The number of aromatic nitrogens is 3. The SMILES string of the molecule is CCNc1nc(NCCCC(C)CO)nc(N(C)C)n1. The summed E-state index contributed by atoms with van der Waals surface area (Å²) < 4.78 is 0. The summed E-state index contributed by atoms with van der Waals surface area (Å²) in [6.07, 6.45) is 1.95. The lowest BCUT2D eigenvalue weighted by atomic mass is 10.1. The van der Waals surface area contributed by atoms with E-state index in [1.807, 2.05) is 32.8 Å². The molecule has 3 N–H and O–H groups in total. The first-order valence-electron chi connectivity index (χ1n) is 7.08. The van der Waals surface area contributed by atoms with Gasteiger partial charge in [0.2, 0.25) is 17.8 Å². The van der Waals surface area contributed by atoms with Gasteiger partial charge < -0.3 is 20.6 Å². The highest BCUT2D eigenvalue weighted by Gasteiger charge is 2.07. The van der Waals surface area contributed by atoms with Crippen LogP contribution in [0.5, 0.6) is 0 Å². The molecule has 0 aromatic carbocycles. The van der Waals surface area contributed by atoms with Gasteiger partial charge in [-0.2, -0.15) is 15.0 Å². The molecule has 1 heterocycles. The predicted octanol–water partition coefficient (Wildman–Crippen LogP) is 1.19. The van der Waals surface area contributed by atoms with Crippen molar-refractivity contribution in [1.29, 1.82) is 0 Å². The van der Waals surface area contributed by atoms with E-state index >= 15 is 0 Å². The molecule has 1 rings (SSSR count). The molecule has 7 nitrogen and oxygen atoms in total. The molecule has 114 valence electrons. The van der Waals surface area contributed by atoms with Crippen LogP contribution in [0.3, 0.4) is 0 Å². The van der Waals surface area contributed by atoms with Gasteiger partial charge in [0.1, 0.15) is 0 Å². The lowest BCUT2D eigenvalue weighted by molar-refractivity contribution is 0.229. The Labute approximate surface area is 120 Å². The maximum atomic E-state index is 8.98. The Morgan fingerprint density at radius 1 is 1.15 bits per heavy atom. The Kier molecular flexibility index (Phi) is 7.00. The second-order valence-corrected chi connectivity index (χ2v) is 5.06. The van der Waals surface area contributed by atoms with Gasteiger partial charge in [-0.1, -0.05) is 6.92 Å². The predicted molar refractivity (Wildman–Crippen MR) is 82.3 cm³/mol. The van der Waals surface area contributed by atoms with Crippen LogP contribution in [-0.2, 0) is 0 Å². The number of nitrogens with zero attached hydrogens (tertiary/aromatic N) is 4.